The molecular formula is C12H18N2O2. The van der Waals surface area contributed by atoms with Crippen LogP contribution in [0.3, 0.4) is 0 Å². The van der Waals surface area contributed by atoms with Gasteiger partial charge in [-0.15, -0.1) is 0 Å². The summed E-state index contributed by atoms with van der Waals surface area (Å²) in [6.07, 6.45) is 0.875. The van der Waals surface area contributed by atoms with Gasteiger partial charge in [-0.25, -0.2) is 4.79 Å². The molecule has 0 saturated heterocycles. The Bertz CT molecular complexity index is 355. The summed E-state index contributed by atoms with van der Waals surface area (Å²) < 4.78 is 0. The minimum atomic E-state index is -0.300. The SMILES string of the molecule is CCCNC(=O)NCC(=O)c1ccccc1.[HH]. The molecular weight excluding hydrogens is 204 g/mol. The lowest BCUT2D eigenvalue weighted by Gasteiger charge is -2.05. The van der Waals surface area contributed by atoms with Crippen LogP contribution in [0.1, 0.15) is 25.1 Å². The molecule has 4 heteroatoms. The second-order valence-corrected chi connectivity index (χ2v) is 3.40. The molecule has 1 aromatic carbocycles. The minimum absolute atomic E-state index is 0. The molecule has 0 fully saturated rings. The van der Waals surface area contributed by atoms with Crippen molar-refractivity contribution in [2.45, 2.75) is 13.3 Å². The molecule has 2 N–H and O–H groups in total. The Hall–Kier alpha value is -1.84. The van der Waals surface area contributed by atoms with Gasteiger partial charge < -0.3 is 10.6 Å². The van der Waals surface area contributed by atoms with E-state index in [1.165, 1.54) is 0 Å². The molecule has 0 atom stereocenters. The van der Waals surface area contributed by atoms with Crippen LogP contribution in [-0.4, -0.2) is 24.9 Å². The van der Waals surface area contributed by atoms with Crippen LogP contribution in [0.25, 0.3) is 0 Å². The molecule has 0 aliphatic rings. The lowest BCUT2D eigenvalue weighted by Crippen LogP contribution is -2.38. The average molecular weight is 222 g/mol. The maximum atomic E-state index is 11.6. The fourth-order valence-corrected chi connectivity index (χ4v) is 1.19. The molecule has 1 rings (SSSR count). The summed E-state index contributed by atoms with van der Waals surface area (Å²) in [6.45, 7) is 2.61. The zero-order valence-electron chi connectivity index (χ0n) is 9.32. The lowest BCUT2D eigenvalue weighted by molar-refractivity contribution is 0.0992. The number of carbonyl (C=O) groups excluding carboxylic acids is 2. The third-order valence-corrected chi connectivity index (χ3v) is 2.04. The number of nitrogens with one attached hydrogen (secondary N) is 2. The van der Waals surface area contributed by atoms with E-state index in [-0.39, 0.29) is 19.8 Å². The molecule has 88 valence electrons. The van der Waals surface area contributed by atoms with Crippen molar-refractivity contribution >= 4 is 11.8 Å². The highest BCUT2D eigenvalue weighted by Crippen LogP contribution is 1.98. The Morgan fingerprint density at radius 3 is 2.50 bits per heavy atom. The number of urea groups is 1. The van der Waals surface area contributed by atoms with Crippen molar-refractivity contribution in [2.24, 2.45) is 0 Å². The standard InChI is InChI=1S/C12H16N2O2.H2/c1-2-8-13-12(16)14-9-11(15)10-6-4-3-5-7-10;/h3-7H,2,8-9H2,1H3,(H2,13,14,16);1H. The molecule has 0 radical (unpaired) electrons. The summed E-state index contributed by atoms with van der Waals surface area (Å²) in [5.41, 5.74) is 0.610. The predicted molar refractivity (Wildman–Crippen MR) is 64.6 cm³/mol. The van der Waals surface area contributed by atoms with E-state index in [1.807, 2.05) is 13.0 Å². The molecule has 2 amide bonds. The van der Waals surface area contributed by atoms with Crippen LogP contribution < -0.4 is 10.6 Å². The van der Waals surface area contributed by atoms with Crippen molar-refractivity contribution in [3.05, 3.63) is 35.9 Å². The first-order valence-electron chi connectivity index (χ1n) is 5.34. The quantitative estimate of drug-likeness (QED) is 0.747. The van der Waals surface area contributed by atoms with Crippen molar-refractivity contribution in [3.8, 4) is 0 Å². The van der Waals surface area contributed by atoms with Gasteiger partial charge in [-0.2, -0.15) is 0 Å². The van der Waals surface area contributed by atoms with E-state index in [9.17, 15) is 9.59 Å². The maximum Gasteiger partial charge on any atom is 0.315 e. The highest BCUT2D eigenvalue weighted by Gasteiger charge is 2.06. The molecule has 1 aromatic rings. The molecule has 0 bridgehead atoms. The zero-order chi connectivity index (χ0) is 11.8. The maximum absolute atomic E-state index is 11.6. The summed E-state index contributed by atoms with van der Waals surface area (Å²) in [7, 11) is 0. The number of amides is 2. The largest absolute Gasteiger partial charge is 0.338 e. The normalized spacial score (nSPS) is 9.56. The molecule has 0 aliphatic heterocycles. The van der Waals surface area contributed by atoms with Crippen LogP contribution in [0.15, 0.2) is 30.3 Å². The van der Waals surface area contributed by atoms with Crippen molar-refractivity contribution in [2.75, 3.05) is 13.1 Å². The third kappa shape index (κ3) is 4.13. The highest BCUT2D eigenvalue weighted by atomic mass is 16.2. The third-order valence-electron chi connectivity index (χ3n) is 2.04. The van der Waals surface area contributed by atoms with Crippen molar-refractivity contribution in [3.63, 3.8) is 0 Å². The second kappa shape index (κ2) is 6.61. The predicted octanol–water partition coefficient (Wildman–Crippen LogP) is 1.82. The Labute approximate surface area is 96.5 Å². The van der Waals surface area contributed by atoms with Gasteiger partial charge in [-0.1, -0.05) is 37.3 Å². The van der Waals surface area contributed by atoms with Gasteiger partial charge in [0.1, 0.15) is 0 Å². The van der Waals surface area contributed by atoms with Gasteiger partial charge in [0, 0.05) is 13.5 Å². The molecule has 0 saturated carbocycles. The molecule has 16 heavy (non-hydrogen) atoms. The first kappa shape index (κ1) is 12.2. The van der Waals surface area contributed by atoms with Crippen LogP contribution in [-0.2, 0) is 0 Å². The summed E-state index contributed by atoms with van der Waals surface area (Å²) in [6, 6.07) is 8.60. The summed E-state index contributed by atoms with van der Waals surface area (Å²) >= 11 is 0. The highest BCUT2D eigenvalue weighted by molar-refractivity contribution is 5.99. The van der Waals surface area contributed by atoms with Gasteiger partial charge in [-0.3, -0.25) is 4.79 Å². The van der Waals surface area contributed by atoms with Crippen molar-refractivity contribution in [1.29, 1.82) is 0 Å². The van der Waals surface area contributed by atoms with Gasteiger partial charge >= 0.3 is 6.03 Å². The molecule has 0 aromatic heterocycles. The molecule has 0 heterocycles. The Balaban J connectivity index is 0.00000256. The number of rotatable bonds is 5. The summed E-state index contributed by atoms with van der Waals surface area (Å²) in [5, 5.41) is 5.15. The monoisotopic (exact) mass is 222 g/mol. The van der Waals surface area contributed by atoms with E-state index in [0.717, 1.165) is 6.42 Å². The van der Waals surface area contributed by atoms with Crippen LogP contribution in [0.5, 0.6) is 0 Å². The first-order valence-corrected chi connectivity index (χ1v) is 5.34. The topological polar surface area (TPSA) is 58.2 Å². The molecule has 4 nitrogen and oxygen atoms in total. The summed E-state index contributed by atoms with van der Waals surface area (Å²) in [5.74, 6) is -0.0905. The van der Waals surface area contributed by atoms with Gasteiger partial charge in [0.05, 0.1) is 6.54 Å². The number of Topliss-reactive ketones (excluding diaryl/α,β-unsaturated/α-hetero) is 1. The Morgan fingerprint density at radius 1 is 1.19 bits per heavy atom. The average Bonchev–Trinajstić information content (AvgIpc) is 2.34. The Kier molecular flexibility index (Phi) is 5.05. The van der Waals surface area contributed by atoms with Gasteiger partial charge in [-0.05, 0) is 6.42 Å². The number of hydrogen-bond acceptors (Lipinski definition) is 2. The van der Waals surface area contributed by atoms with Crippen LogP contribution in [0.2, 0.25) is 0 Å². The van der Waals surface area contributed by atoms with E-state index in [4.69, 9.17) is 0 Å². The van der Waals surface area contributed by atoms with E-state index in [2.05, 4.69) is 10.6 Å². The number of ketones is 1. The summed E-state index contributed by atoms with van der Waals surface area (Å²) in [4.78, 5) is 22.7. The van der Waals surface area contributed by atoms with E-state index in [1.54, 1.807) is 24.3 Å². The lowest BCUT2D eigenvalue weighted by atomic mass is 10.1. The zero-order valence-corrected chi connectivity index (χ0v) is 9.32. The smallest absolute Gasteiger partial charge is 0.315 e. The van der Waals surface area contributed by atoms with Crippen LogP contribution >= 0.6 is 0 Å². The van der Waals surface area contributed by atoms with Crippen molar-refractivity contribution < 1.29 is 11.0 Å². The molecule has 0 unspecified atom stereocenters. The van der Waals surface area contributed by atoms with Gasteiger partial charge in [0.2, 0.25) is 0 Å². The number of hydrogen-bond donors (Lipinski definition) is 2. The number of benzene rings is 1. The van der Waals surface area contributed by atoms with Crippen molar-refractivity contribution in [1.82, 2.24) is 10.6 Å². The first-order chi connectivity index (χ1) is 7.74. The second-order valence-electron chi connectivity index (χ2n) is 3.40. The fraction of sp³-hybridized carbons (Fsp3) is 0.333. The Morgan fingerprint density at radius 2 is 1.88 bits per heavy atom. The molecule has 0 aliphatic carbocycles. The van der Waals surface area contributed by atoms with Gasteiger partial charge in [0.15, 0.2) is 5.78 Å². The number of carbonyl (C=O) groups is 2. The van der Waals surface area contributed by atoms with E-state index >= 15 is 0 Å². The molecule has 0 spiro atoms. The van der Waals surface area contributed by atoms with Gasteiger partial charge in [0.25, 0.3) is 0 Å². The van der Waals surface area contributed by atoms with E-state index < -0.39 is 0 Å². The van der Waals surface area contributed by atoms with E-state index in [0.29, 0.717) is 12.1 Å². The van der Waals surface area contributed by atoms with Crippen LogP contribution in [0, 0.1) is 0 Å². The van der Waals surface area contributed by atoms with Crippen LogP contribution in [0.4, 0.5) is 4.79 Å². The minimum Gasteiger partial charge on any atom is -0.338 e. The fourth-order valence-electron chi connectivity index (χ4n) is 1.19.